The molecule has 0 aliphatic carbocycles. The molecule has 2 nitrogen and oxygen atoms in total. The zero-order valence-electron chi connectivity index (χ0n) is 16.0. The predicted octanol–water partition coefficient (Wildman–Crippen LogP) is 6.31. The van der Waals surface area contributed by atoms with Crippen molar-refractivity contribution < 1.29 is 28.5 Å². The Hall–Kier alpha value is -0.337. The summed E-state index contributed by atoms with van der Waals surface area (Å²) in [4.78, 5) is 0. The molecule has 2 aromatic carbocycles. The molecule has 0 amide bonds. The van der Waals surface area contributed by atoms with Crippen LogP contribution in [0.1, 0.15) is 38.8 Å². The molecule has 0 saturated heterocycles. The second-order valence-electron chi connectivity index (χ2n) is 7.04. The van der Waals surface area contributed by atoms with E-state index >= 15 is 0 Å². The maximum absolute atomic E-state index is 6.02. The maximum atomic E-state index is 6.02. The standard InChI is InChI=1S/C20H27O2PS2.Zn/c1-15(2)13-17-9-5-7-11-19(17)21-23(24,25)22-20-12-8-6-10-18(20)14-16(3)4;/h5-12,15-16H,13-14H2,1-4H3,(H,24,25);/p-1. The van der Waals surface area contributed by atoms with Crippen molar-refractivity contribution in [2.45, 2.75) is 40.5 Å². The van der Waals surface area contributed by atoms with Crippen molar-refractivity contribution in [2.75, 3.05) is 0 Å². The molecule has 0 bridgehead atoms. The van der Waals surface area contributed by atoms with E-state index in [-0.39, 0.29) is 19.5 Å². The van der Waals surface area contributed by atoms with Crippen LogP contribution in [0, 0.1) is 11.8 Å². The molecule has 0 unspecified atom stereocenters. The molecule has 0 radical (unpaired) electrons. The van der Waals surface area contributed by atoms with Gasteiger partial charge in [-0.25, -0.2) is 0 Å². The van der Waals surface area contributed by atoms with Crippen LogP contribution in [0.4, 0.5) is 0 Å². The van der Waals surface area contributed by atoms with Gasteiger partial charge in [-0.1, -0.05) is 64.1 Å². The second-order valence-corrected chi connectivity index (χ2v) is 11.9. The van der Waals surface area contributed by atoms with Crippen molar-refractivity contribution in [2.24, 2.45) is 11.8 Å². The first-order chi connectivity index (χ1) is 11.8. The van der Waals surface area contributed by atoms with E-state index < -0.39 is 5.69 Å². The summed E-state index contributed by atoms with van der Waals surface area (Å²) < 4.78 is 12.0. The van der Waals surface area contributed by atoms with Crippen LogP contribution >= 0.6 is 5.69 Å². The van der Waals surface area contributed by atoms with Crippen molar-refractivity contribution in [3.8, 4) is 11.5 Å². The first-order valence-corrected chi connectivity index (χ1v) is 12.3. The van der Waals surface area contributed by atoms with E-state index in [1.54, 1.807) is 0 Å². The molecule has 0 heterocycles. The van der Waals surface area contributed by atoms with Crippen LogP contribution in [0.2, 0.25) is 0 Å². The Labute approximate surface area is 181 Å². The Balaban J connectivity index is 0.00000338. The van der Waals surface area contributed by atoms with Gasteiger partial charge in [0.1, 0.15) is 11.5 Å². The third kappa shape index (κ3) is 7.73. The van der Waals surface area contributed by atoms with Crippen LogP contribution in [0.25, 0.3) is 0 Å². The van der Waals surface area contributed by atoms with Gasteiger partial charge in [0.25, 0.3) is 0 Å². The number of para-hydroxylation sites is 2. The summed E-state index contributed by atoms with van der Waals surface area (Å²) in [5.74, 6) is 2.55. The van der Waals surface area contributed by atoms with E-state index in [1.807, 2.05) is 36.4 Å². The van der Waals surface area contributed by atoms with E-state index in [1.165, 1.54) is 0 Å². The van der Waals surface area contributed by atoms with Crippen molar-refractivity contribution in [1.29, 1.82) is 0 Å². The molecule has 0 aliphatic heterocycles. The predicted molar refractivity (Wildman–Crippen MR) is 113 cm³/mol. The topological polar surface area (TPSA) is 18.5 Å². The molecular weight excluding hydrogens is 433 g/mol. The van der Waals surface area contributed by atoms with Gasteiger partial charge < -0.3 is 21.3 Å². The van der Waals surface area contributed by atoms with Crippen molar-refractivity contribution in [3.63, 3.8) is 0 Å². The SMILES string of the molecule is CC(C)Cc1ccccc1OP(=S)([S-])Oc1ccccc1CC(C)C.[Zn]. The van der Waals surface area contributed by atoms with Crippen LogP contribution in [-0.2, 0) is 56.4 Å². The van der Waals surface area contributed by atoms with E-state index in [0.29, 0.717) is 11.8 Å². The monoisotopic (exact) mass is 457 g/mol. The van der Waals surface area contributed by atoms with Crippen LogP contribution < -0.4 is 9.05 Å². The number of benzene rings is 2. The van der Waals surface area contributed by atoms with Crippen LogP contribution in [0.15, 0.2) is 48.5 Å². The van der Waals surface area contributed by atoms with Gasteiger partial charge in [-0.15, -0.1) is 0 Å². The molecular formula is C20H26O2PS2Zn-. The number of hydrogen-bond acceptors (Lipinski definition) is 4. The molecule has 6 heteroatoms. The fourth-order valence-electron chi connectivity index (χ4n) is 2.66. The zero-order chi connectivity index (χ0) is 18.4. The summed E-state index contributed by atoms with van der Waals surface area (Å²) in [6.07, 6.45) is 1.84. The van der Waals surface area contributed by atoms with Gasteiger partial charge in [0, 0.05) is 19.5 Å². The van der Waals surface area contributed by atoms with Gasteiger partial charge in [0.15, 0.2) is 5.69 Å². The van der Waals surface area contributed by atoms with Crippen molar-refractivity contribution in [1.82, 2.24) is 0 Å². The molecule has 138 valence electrons. The van der Waals surface area contributed by atoms with Gasteiger partial charge >= 0.3 is 0 Å². The molecule has 0 atom stereocenters. The minimum Gasteiger partial charge on any atom is -0.665 e. The zero-order valence-corrected chi connectivity index (χ0v) is 21.5. The van der Waals surface area contributed by atoms with Crippen LogP contribution in [-0.4, -0.2) is 0 Å². The third-order valence-corrected chi connectivity index (χ3v) is 5.36. The number of rotatable bonds is 8. The smallest absolute Gasteiger partial charge is 0.156 e. The average Bonchev–Trinajstić information content (AvgIpc) is 2.50. The van der Waals surface area contributed by atoms with Gasteiger partial charge in [0.2, 0.25) is 0 Å². The van der Waals surface area contributed by atoms with Crippen LogP contribution in [0.5, 0.6) is 11.5 Å². The Bertz CT molecular complexity index is 691. The normalized spacial score (nSPS) is 11.3. The maximum Gasteiger partial charge on any atom is 0.156 e. The molecule has 0 saturated carbocycles. The average molecular weight is 459 g/mol. The molecule has 2 aromatic rings. The van der Waals surface area contributed by atoms with Gasteiger partial charge in [-0.05, 0) is 59.7 Å². The van der Waals surface area contributed by atoms with E-state index in [9.17, 15) is 0 Å². The van der Waals surface area contributed by atoms with E-state index in [2.05, 4.69) is 39.8 Å². The Kier molecular flexibility index (Phi) is 9.90. The molecule has 0 N–H and O–H groups in total. The summed E-state index contributed by atoms with van der Waals surface area (Å²) in [6.45, 7) is 8.72. The fraction of sp³-hybridized carbons (Fsp3) is 0.400. The Morgan fingerprint density at radius 2 is 1.15 bits per heavy atom. The summed E-state index contributed by atoms with van der Waals surface area (Å²) in [5, 5.41) is 0. The Morgan fingerprint density at radius 1 is 0.808 bits per heavy atom. The van der Waals surface area contributed by atoms with Crippen LogP contribution in [0.3, 0.4) is 0 Å². The quantitative estimate of drug-likeness (QED) is 0.262. The summed E-state index contributed by atoms with van der Waals surface area (Å²) in [7, 11) is 0. The van der Waals surface area contributed by atoms with Crippen molar-refractivity contribution in [3.05, 3.63) is 59.7 Å². The number of hydrogen-bond donors (Lipinski definition) is 0. The second kappa shape index (κ2) is 10.9. The minimum absolute atomic E-state index is 0. The molecule has 0 aromatic heterocycles. The fourth-order valence-corrected chi connectivity index (χ4v) is 4.50. The summed E-state index contributed by atoms with van der Waals surface area (Å²) in [5.41, 5.74) is -0.618. The molecule has 0 fully saturated rings. The van der Waals surface area contributed by atoms with E-state index in [0.717, 1.165) is 35.5 Å². The summed E-state index contributed by atoms with van der Waals surface area (Å²) >= 11 is 11.1. The molecule has 0 aliphatic rings. The molecule has 2 rings (SSSR count). The van der Waals surface area contributed by atoms with Gasteiger partial charge in [-0.3, -0.25) is 0 Å². The van der Waals surface area contributed by atoms with Gasteiger partial charge in [-0.2, -0.15) is 0 Å². The first kappa shape index (κ1) is 23.7. The molecule has 26 heavy (non-hydrogen) atoms. The summed E-state index contributed by atoms with van der Waals surface area (Å²) in [6, 6.07) is 15.9. The third-order valence-electron chi connectivity index (χ3n) is 3.62. The minimum atomic E-state index is -2.86. The molecule has 0 spiro atoms. The first-order valence-electron chi connectivity index (χ1n) is 8.63. The largest absolute Gasteiger partial charge is 0.665 e. The van der Waals surface area contributed by atoms with E-state index in [4.69, 9.17) is 33.1 Å². The van der Waals surface area contributed by atoms with Gasteiger partial charge in [0.05, 0.1) is 0 Å². The Morgan fingerprint density at radius 3 is 1.50 bits per heavy atom. The van der Waals surface area contributed by atoms with Crippen molar-refractivity contribution >= 4 is 29.7 Å².